The van der Waals surface area contributed by atoms with Gasteiger partial charge in [0.05, 0.1) is 12.2 Å². The van der Waals surface area contributed by atoms with Gasteiger partial charge < -0.3 is 10.2 Å². The van der Waals surface area contributed by atoms with Crippen LogP contribution in [0, 0.1) is 11.3 Å². The largest absolute Gasteiger partial charge is 0.333 e. The van der Waals surface area contributed by atoms with Gasteiger partial charge in [-0.3, -0.25) is 14.3 Å². The summed E-state index contributed by atoms with van der Waals surface area (Å²) in [6, 6.07) is 1.90. The van der Waals surface area contributed by atoms with Gasteiger partial charge in [-0.1, -0.05) is 55.4 Å². The second kappa shape index (κ2) is 9.57. The monoisotopic (exact) mass is 392 g/mol. The molecule has 0 radical (unpaired) electrons. The Morgan fingerprint density at radius 2 is 1.82 bits per heavy atom. The predicted molar refractivity (Wildman–Crippen MR) is 115 cm³/mol. The molecule has 0 bridgehead atoms. The summed E-state index contributed by atoms with van der Waals surface area (Å²) in [5, 5.41) is 7.39. The van der Waals surface area contributed by atoms with Crippen LogP contribution in [0.2, 0.25) is 0 Å². The van der Waals surface area contributed by atoms with Crippen LogP contribution in [0.5, 0.6) is 0 Å². The summed E-state index contributed by atoms with van der Waals surface area (Å²) in [6.45, 7) is 17.6. The highest BCUT2D eigenvalue weighted by Gasteiger charge is 2.23. The minimum absolute atomic E-state index is 0.0501. The van der Waals surface area contributed by atoms with Crippen molar-refractivity contribution in [3.63, 3.8) is 0 Å². The highest BCUT2D eigenvalue weighted by Crippen LogP contribution is 2.26. The van der Waals surface area contributed by atoms with Crippen molar-refractivity contribution in [1.29, 1.82) is 0 Å². The van der Waals surface area contributed by atoms with Gasteiger partial charge in [0, 0.05) is 31.5 Å². The summed E-state index contributed by atoms with van der Waals surface area (Å²) < 4.78 is 1.68. The van der Waals surface area contributed by atoms with E-state index in [0.29, 0.717) is 24.7 Å². The molecule has 1 atom stereocenters. The summed E-state index contributed by atoms with van der Waals surface area (Å²) in [5.41, 5.74) is 1.02. The van der Waals surface area contributed by atoms with Crippen LogP contribution in [0.1, 0.15) is 80.3 Å². The zero-order chi connectivity index (χ0) is 21.7. The van der Waals surface area contributed by atoms with Crippen molar-refractivity contribution in [3.05, 3.63) is 11.8 Å². The number of aryl methyl sites for hydroxylation is 1. The van der Waals surface area contributed by atoms with Gasteiger partial charge in [-0.15, -0.1) is 0 Å². The number of hydrogen-bond acceptors (Lipinski definition) is 3. The molecular formula is C22H40N4O2. The van der Waals surface area contributed by atoms with E-state index in [9.17, 15) is 9.59 Å². The van der Waals surface area contributed by atoms with Gasteiger partial charge >= 0.3 is 0 Å². The van der Waals surface area contributed by atoms with Gasteiger partial charge in [0.15, 0.2) is 0 Å². The maximum absolute atomic E-state index is 12.7. The summed E-state index contributed by atoms with van der Waals surface area (Å²) in [6.07, 6.45) is 2.28. The summed E-state index contributed by atoms with van der Waals surface area (Å²) in [4.78, 5) is 27.0. The predicted octanol–water partition coefficient (Wildman–Crippen LogP) is 4.36. The Labute approximate surface area is 171 Å². The average Bonchev–Trinajstić information content (AvgIpc) is 2.85. The van der Waals surface area contributed by atoms with Crippen LogP contribution in [-0.2, 0) is 22.1 Å². The van der Waals surface area contributed by atoms with E-state index < -0.39 is 0 Å². The summed E-state index contributed by atoms with van der Waals surface area (Å²) in [7, 11) is 1.81. The number of nitrogens with one attached hydrogen (secondary N) is 1. The van der Waals surface area contributed by atoms with E-state index in [1.165, 1.54) is 0 Å². The number of nitrogens with zero attached hydrogens (tertiary/aromatic N) is 3. The highest BCUT2D eigenvalue weighted by molar-refractivity contribution is 5.94. The number of carbonyl (C=O) groups excluding carboxylic acids is 2. The smallest absolute Gasteiger partial charge is 0.245 e. The Morgan fingerprint density at radius 1 is 1.21 bits per heavy atom. The topological polar surface area (TPSA) is 67.2 Å². The molecule has 1 N–H and O–H groups in total. The van der Waals surface area contributed by atoms with Crippen molar-refractivity contribution >= 4 is 17.6 Å². The molecule has 0 aliphatic rings. The van der Waals surface area contributed by atoms with Crippen molar-refractivity contribution in [1.82, 2.24) is 14.7 Å². The lowest BCUT2D eigenvalue weighted by Crippen LogP contribution is -2.39. The third-order valence-electron chi connectivity index (χ3n) is 4.58. The van der Waals surface area contributed by atoms with Gasteiger partial charge in [0.25, 0.3) is 0 Å². The average molecular weight is 393 g/mol. The maximum atomic E-state index is 12.7. The number of carbonyl (C=O) groups is 2. The van der Waals surface area contributed by atoms with E-state index in [1.807, 2.05) is 20.0 Å². The first-order valence-electron chi connectivity index (χ1n) is 10.3. The molecule has 2 amide bonds. The zero-order valence-electron chi connectivity index (χ0n) is 19.3. The quantitative estimate of drug-likeness (QED) is 0.715. The molecule has 0 spiro atoms. The first kappa shape index (κ1) is 24.2. The lowest BCUT2D eigenvalue weighted by molar-refractivity contribution is -0.135. The molecule has 6 nitrogen and oxygen atoms in total. The molecule has 0 fully saturated rings. The lowest BCUT2D eigenvalue weighted by Gasteiger charge is -2.26. The van der Waals surface area contributed by atoms with Crippen LogP contribution in [0.25, 0.3) is 0 Å². The Balaban J connectivity index is 2.74. The van der Waals surface area contributed by atoms with Crippen molar-refractivity contribution in [3.8, 4) is 0 Å². The standard InChI is InChI=1S/C22H40N4O2/c1-10-11-26(20(28)12-16(2)14-21(3,4)5)15-19(27)23-18-13-17(22(6,7)8)24-25(18)9/h13,16H,10-12,14-15H2,1-9H3,(H,23,27). The van der Waals surface area contributed by atoms with Crippen LogP contribution in [0.3, 0.4) is 0 Å². The van der Waals surface area contributed by atoms with Crippen molar-refractivity contribution in [2.45, 2.75) is 80.1 Å². The Bertz CT molecular complexity index is 665. The van der Waals surface area contributed by atoms with Crippen LogP contribution >= 0.6 is 0 Å². The fourth-order valence-corrected chi connectivity index (χ4v) is 3.41. The molecular weight excluding hydrogens is 352 g/mol. The molecule has 1 rings (SSSR count). The van der Waals surface area contributed by atoms with E-state index >= 15 is 0 Å². The van der Waals surface area contributed by atoms with E-state index in [1.54, 1.807) is 9.58 Å². The number of rotatable bonds is 8. The van der Waals surface area contributed by atoms with Gasteiger partial charge in [-0.2, -0.15) is 5.10 Å². The van der Waals surface area contributed by atoms with Crippen LogP contribution in [-0.4, -0.2) is 39.6 Å². The SMILES string of the molecule is CCCN(CC(=O)Nc1cc(C(C)(C)C)nn1C)C(=O)CC(C)CC(C)(C)C. The first-order valence-corrected chi connectivity index (χ1v) is 10.3. The Hall–Kier alpha value is -1.85. The minimum Gasteiger partial charge on any atom is -0.333 e. The van der Waals surface area contributed by atoms with Crippen molar-refractivity contribution < 1.29 is 9.59 Å². The molecule has 0 aliphatic heterocycles. The van der Waals surface area contributed by atoms with Crippen LogP contribution in [0.4, 0.5) is 5.82 Å². The maximum Gasteiger partial charge on any atom is 0.245 e. The molecule has 160 valence electrons. The van der Waals surface area contributed by atoms with E-state index in [4.69, 9.17) is 0 Å². The second-order valence-corrected chi connectivity index (χ2v) is 10.2. The number of aromatic nitrogens is 2. The molecule has 6 heteroatoms. The van der Waals surface area contributed by atoms with Gasteiger partial charge in [0.2, 0.25) is 11.8 Å². The zero-order valence-corrected chi connectivity index (χ0v) is 19.3. The van der Waals surface area contributed by atoms with Gasteiger partial charge in [-0.25, -0.2) is 0 Å². The Kier molecular flexibility index (Phi) is 8.27. The molecule has 1 aromatic rings. The normalized spacial score (nSPS) is 13.3. The molecule has 0 saturated carbocycles. The molecule has 28 heavy (non-hydrogen) atoms. The molecule has 0 aliphatic carbocycles. The van der Waals surface area contributed by atoms with Crippen molar-refractivity contribution in [2.24, 2.45) is 18.4 Å². The number of hydrogen-bond donors (Lipinski definition) is 1. The fraction of sp³-hybridized carbons (Fsp3) is 0.773. The van der Waals surface area contributed by atoms with Crippen molar-refractivity contribution in [2.75, 3.05) is 18.4 Å². The lowest BCUT2D eigenvalue weighted by atomic mass is 9.84. The number of anilines is 1. The molecule has 0 saturated heterocycles. The second-order valence-electron chi connectivity index (χ2n) is 10.2. The van der Waals surface area contributed by atoms with E-state index in [2.05, 4.69) is 58.9 Å². The molecule has 1 unspecified atom stereocenters. The van der Waals surface area contributed by atoms with Gasteiger partial charge in [-0.05, 0) is 24.2 Å². The third kappa shape index (κ3) is 8.03. The Morgan fingerprint density at radius 3 is 2.29 bits per heavy atom. The third-order valence-corrected chi connectivity index (χ3v) is 4.58. The fourth-order valence-electron chi connectivity index (χ4n) is 3.41. The first-order chi connectivity index (χ1) is 12.7. The molecule has 1 heterocycles. The van der Waals surface area contributed by atoms with Gasteiger partial charge in [0.1, 0.15) is 5.82 Å². The van der Waals surface area contributed by atoms with Crippen LogP contribution in [0.15, 0.2) is 6.07 Å². The number of amides is 2. The van der Waals surface area contributed by atoms with E-state index in [0.717, 1.165) is 18.5 Å². The molecule has 1 aromatic heterocycles. The summed E-state index contributed by atoms with van der Waals surface area (Å²) in [5.74, 6) is 0.809. The van der Waals surface area contributed by atoms with Crippen LogP contribution < -0.4 is 5.32 Å². The molecule has 0 aromatic carbocycles. The highest BCUT2D eigenvalue weighted by atomic mass is 16.2. The minimum atomic E-state index is -0.186. The summed E-state index contributed by atoms with van der Waals surface area (Å²) >= 11 is 0. The van der Waals surface area contributed by atoms with E-state index in [-0.39, 0.29) is 29.2 Å².